The largest absolute Gasteiger partial charge is 0.451 e. The second-order valence-electron chi connectivity index (χ2n) is 5.61. The zero-order chi connectivity index (χ0) is 14.1. The van der Waals surface area contributed by atoms with Crippen LogP contribution in [0.5, 0.6) is 0 Å². The van der Waals surface area contributed by atoms with Gasteiger partial charge in [0.1, 0.15) is 17.5 Å². The van der Waals surface area contributed by atoms with Crippen molar-refractivity contribution in [2.24, 2.45) is 0 Å². The maximum Gasteiger partial charge on any atom is 0.344 e. The van der Waals surface area contributed by atoms with E-state index < -0.39 is 23.0 Å². The Hall–Kier alpha value is -1.65. The molecule has 0 spiro atoms. The average molecular weight is 253 g/mol. The summed E-state index contributed by atoms with van der Waals surface area (Å²) in [6, 6.07) is 0. The highest BCUT2D eigenvalue weighted by Crippen LogP contribution is 2.32. The molecular formula is C13H19NO4. The molecule has 0 atom stereocenters. The van der Waals surface area contributed by atoms with Gasteiger partial charge in [0.25, 0.3) is 5.91 Å². The number of cyclic esters (lactones) is 1. The van der Waals surface area contributed by atoms with Crippen molar-refractivity contribution in [2.45, 2.75) is 52.2 Å². The predicted octanol–water partition coefficient (Wildman–Crippen LogP) is 1.12. The Morgan fingerprint density at radius 3 is 2.39 bits per heavy atom. The molecule has 5 nitrogen and oxygen atoms in total. The molecule has 0 fully saturated rings. The molecule has 0 radical (unpaired) electrons. The van der Waals surface area contributed by atoms with Crippen molar-refractivity contribution in [1.29, 1.82) is 0 Å². The highest BCUT2D eigenvalue weighted by atomic mass is 16.6. The summed E-state index contributed by atoms with van der Waals surface area (Å²) in [5, 5.41) is 2.67. The van der Waals surface area contributed by atoms with E-state index in [2.05, 4.69) is 5.32 Å². The van der Waals surface area contributed by atoms with Crippen molar-refractivity contribution >= 4 is 18.2 Å². The Balaban J connectivity index is 2.95. The van der Waals surface area contributed by atoms with Gasteiger partial charge in [-0.05, 0) is 40.2 Å². The van der Waals surface area contributed by atoms with Crippen LogP contribution >= 0.6 is 0 Å². The normalized spacial score (nSPS) is 18.6. The lowest BCUT2D eigenvalue weighted by atomic mass is 9.95. The maximum absolute atomic E-state index is 12.1. The van der Waals surface area contributed by atoms with Crippen LogP contribution in [-0.2, 0) is 19.1 Å². The molecule has 5 heteroatoms. The van der Waals surface area contributed by atoms with E-state index in [0.717, 1.165) is 6.29 Å². The molecule has 0 bridgehead atoms. The molecule has 0 unspecified atom stereocenters. The van der Waals surface area contributed by atoms with E-state index in [4.69, 9.17) is 4.74 Å². The summed E-state index contributed by atoms with van der Waals surface area (Å²) in [5.74, 6) is -1.10. The summed E-state index contributed by atoms with van der Waals surface area (Å²) in [6.07, 6.45) is 0.919. The molecule has 1 amide bonds. The summed E-state index contributed by atoms with van der Waals surface area (Å²) >= 11 is 0. The van der Waals surface area contributed by atoms with E-state index in [9.17, 15) is 14.4 Å². The third-order valence-corrected chi connectivity index (χ3v) is 3.10. The molecule has 0 aromatic carbocycles. The summed E-state index contributed by atoms with van der Waals surface area (Å²) in [5.41, 5.74) is -0.789. The molecule has 100 valence electrons. The van der Waals surface area contributed by atoms with E-state index in [-0.39, 0.29) is 12.0 Å². The smallest absolute Gasteiger partial charge is 0.344 e. The molecule has 1 heterocycles. The molecule has 1 aliphatic heterocycles. The van der Waals surface area contributed by atoms with Gasteiger partial charge in [-0.3, -0.25) is 4.79 Å². The summed E-state index contributed by atoms with van der Waals surface area (Å²) in [6.45, 7) is 8.61. The topological polar surface area (TPSA) is 72.5 Å². The Labute approximate surface area is 107 Å². The molecular weight excluding hydrogens is 234 g/mol. The van der Waals surface area contributed by atoms with Gasteiger partial charge < -0.3 is 14.8 Å². The minimum atomic E-state index is -0.751. The number of esters is 1. The van der Waals surface area contributed by atoms with Crippen LogP contribution in [0.25, 0.3) is 0 Å². The standard InChI is InChI=1S/C13H19NO4/c1-8-9(11(17)18-13(8,4)5)10(16)14-12(2,3)6-7-15/h7H,6H2,1-5H3,(H,14,16). The van der Waals surface area contributed by atoms with Crippen LogP contribution in [-0.4, -0.2) is 29.3 Å². The molecule has 18 heavy (non-hydrogen) atoms. The van der Waals surface area contributed by atoms with Crippen molar-refractivity contribution in [3.8, 4) is 0 Å². The maximum atomic E-state index is 12.1. The highest BCUT2D eigenvalue weighted by molar-refractivity contribution is 6.18. The quantitative estimate of drug-likeness (QED) is 0.463. The van der Waals surface area contributed by atoms with E-state index in [0.29, 0.717) is 5.57 Å². The fourth-order valence-electron chi connectivity index (χ4n) is 1.71. The van der Waals surface area contributed by atoms with Gasteiger partial charge in [-0.1, -0.05) is 0 Å². The number of carbonyl (C=O) groups is 3. The van der Waals surface area contributed by atoms with Crippen molar-refractivity contribution in [3.63, 3.8) is 0 Å². The van der Waals surface area contributed by atoms with Gasteiger partial charge in [0, 0.05) is 12.0 Å². The lowest BCUT2D eigenvalue weighted by Crippen LogP contribution is -2.45. The van der Waals surface area contributed by atoms with Crippen LogP contribution in [0, 0.1) is 0 Å². The summed E-state index contributed by atoms with van der Waals surface area (Å²) < 4.78 is 5.13. The molecule has 0 aromatic rings. The first-order valence-corrected chi connectivity index (χ1v) is 5.81. The van der Waals surface area contributed by atoms with Crippen molar-refractivity contribution in [1.82, 2.24) is 5.32 Å². The number of carbonyl (C=O) groups excluding carboxylic acids is 3. The van der Waals surface area contributed by atoms with Gasteiger partial charge in [-0.15, -0.1) is 0 Å². The number of amides is 1. The van der Waals surface area contributed by atoms with E-state index in [1.807, 2.05) is 0 Å². The van der Waals surface area contributed by atoms with Gasteiger partial charge in [-0.25, -0.2) is 4.79 Å². The molecule has 0 aliphatic carbocycles. The zero-order valence-electron chi connectivity index (χ0n) is 11.4. The minimum absolute atomic E-state index is 0.0407. The Bertz CT molecular complexity index is 432. The second-order valence-corrected chi connectivity index (χ2v) is 5.61. The van der Waals surface area contributed by atoms with Crippen LogP contribution in [0.1, 0.15) is 41.0 Å². The Kier molecular flexibility index (Phi) is 3.64. The summed E-state index contributed by atoms with van der Waals surface area (Å²) in [4.78, 5) is 34.2. The fourth-order valence-corrected chi connectivity index (χ4v) is 1.71. The molecule has 0 saturated carbocycles. The fraction of sp³-hybridized carbons (Fsp3) is 0.615. The van der Waals surface area contributed by atoms with Crippen molar-refractivity contribution < 1.29 is 19.1 Å². The predicted molar refractivity (Wildman–Crippen MR) is 65.8 cm³/mol. The first-order valence-electron chi connectivity index (χ1n) is 5.81. The minimum Gasteiger partial charge on any atom is -0.451 e. The van der Waals surface area contributed by atoms with Gasteiger partial charge in [-0.2, -0.15) is 0 Å². The van der Waals surface area contributed by atoms with Crippen molar-refractivity contribution in [2.75, 3.05) is 0 Å². The Morgan fingerprint density at radius 2 is 2.00 bits per heavy atom. The monoisotopic (exact) mass is 253 g/mol. The number of ether oxygens (including phenoxy) is 1. The number of aldehydes is 1. The van der Waals surface area contributed by atoms with Crippen LogP contribution in [0.15, 0.2) is 11.1 Å². The van der Waals surface area contributed by atoms with Crippen LogP contribution < -0.4 is 5.32 Å². The van der Waals surface area contributed by atoms with Crippen LogP contribution in [0.4, 0.5) is 0 Å². The van der Waals surface area contributed by atoms with E-state index >= 15 is 0 Å². The average Bonchev–Trinajstić information content (AvgIpc) is 2.34. The lowest BCUT2D eigenvalue weighted by Gasteiger charge is -2.23. The van der Waals surface area contributed by atoms with Gasteiger partial charge in [0.2, 0.25) is 0 Å². The zero-order valence-corrected chi connectivity index (χ0v) is 11.4. The first-order chi connectivity index (χ1) is 8.10. The first kappa shape index (κ1) is 14.4. The van der Waals surface area contributed by atoms with E-state index in [1.54, 1.807) is 34.6 Å². The molecule has 1 aliphatic rings. The third-order valence-electron chi connectivity index (χ3n) is 3.10. The molecule has 0 aromatic heterocycles. The molecule has 1 N–H and O–H groups in total. The van der Waals surface area contributed by atoms with E-state index in [1.165, 1.54) is 0 Å². The number of hydrogen-bond acceptors (Lipinski definition) is 4. The third kappa shape index (κ3) is 2.78. The highest BCUT2D eigenvalue weighted by Gasteiger charge is 2.41. The van der Waals surface area contributed by atoms with Gasteiger partial charge >= 0.3 is 5.97 Å². The molecule has 1 rings (SSSR count). The van der Waals surface area contributed by atoms with Crippen LogP contribution in [0.3, 0.4) is 0 Å². The SMILES string of the molecule is CC1=C(C(=O)NC(C)(C)CC=O)C(=O)OC1(C)C. The second kappa shape index (κ2) is 4.55. The van der Waals surface area contributed by atoms with Crippen LogP contribution in [0.2, 0.25) is 0 Å². The molecule has 0 saturated heterocycles. The van der Waals surface area contributed by atoms with Gasteiger partial charge in [0.15, 0.2) is 0 Å². The Morgan fingerprint density at radius 1 is 1.44 bits per heavy atom. The summed E-state index contributed by atoms with van der Waals surface area (Å²) in [7, 11) is 0. The number of hydrogen-bond donors (Lipinski definition) is 1. The van der Waals surface area contributed by atoms with Gasteiger partial charge in [0.05, 0.1) is 0 Å². The lowest BCUT2D eigenvalue weighted by molar-refractivity contribution is -0.145. The number of nitrogens with one attached hydrogen (secondary N) is 1. The van der Waals surface area contributed by atoms with Crippen molar-refractivity contribution in [3.05, 3.63) is 11.1 Å². The number of rotatable bonds is 4.